The number of nitrogens with one attached hydrogen (secondary N) is 1. The Morgan fingerprint density at radius 2 is 2.17 bits per heavy atom. The predicted molar refractivity (Wildman–Crippen MR) is 73.9 cm³/mol. The van der Waals surface area contributed by atoms with Gasteiger partial charge in [0, 0.05) is 6.04 Å². The summed E-state index contributed by atoms with van der Waals surface area (Å²) in [6.45, 7) is 1.95. The topological polar surface area (TPSA) is 72.2 Å². The van der Waals surface area contributed by atoms with Crippen LogP contribution in [0.3, 0.4) is 0 Å². The van der Waals surface area contributed by atoms with E-state index in [1.165, 1.54) is 12.1 Å². The van der Waals surface area contributed by atoms with Gasteiger partial charge in [-0.05, 0) is 43.6 Å². The number of primary sulfonamides is 1. The Labute approximate surface area is 111 Å². The monoisotopic (exact) mass is 292 g/mol. The summed E-state index contributed by atoms with van der Waals surface area (Å²) >= 11 is 1.72. The van der Waals surface area contributed by atoms with Crippen molar-refractivity contribution in [2.75, 3.05) is 17.3 Å². The van der Waals surface area contributed by atoms with Crippen LogP contribution in [0.5, 0.6) is 0 Å². The van der Waals surface area contributed by atoms with E-state index in [2.05, 4.69) is 5.32 Å². The standard InChI is InChI=1S/C11H17FN2O2S2/c1-8(5-6-17-2)14-11-4-3-9(7-10(11)12)18(13,15)16/h3-4,7-8,14H,5-6H2,1-2H3,(H2,13,15,16). The second-order valence-corrected chi connectivity index (χ2v) is 6.56. The third-order valence-electron chi connectivity index (χ3n) is 2.43. The summed E-state index contributed by atoms with van der Waals surface area (Å²) in [4.78, 5) is -0.220. The molecule has 1 atom stereocenters. The maximum atomic E-state index is 13.7. The molecule has 0 aliphatic rings. The van der Waals surface area contributed by atoms with E-state index < -0.39 is 15.8 Å². The number of anilines is 1. The number of nitrogens with two attached hydrogens (primary N) is 1. The van der Waals surface area contributed by atoms with Crippen molar-refractivity contribution in [1.29, 1.82) is 0 Å². The molecular weight excluding hydrogens is 275 g/mol. The highest BCUT2D eigenvalue weighted by molar-refractivity contribution is 7.98. The van der Waals surface area contributed by atoms with E-state index in [-0.39, 0.29) is 16.6 Å². The number of hydrogen-bond acceptors (Lipinski definition) is 4. The molecule has 0 aliphatic carbocycles. The maximum absolute atomic E-state index is 13.7. The average molecular weight is 292 g/mol. The molecule has 3 N–H and O–H groups in total. The van der Waals surface area contributed by atoms with Crippen LogP contribution < -0.4 is 10.5 Å². The van der Waals surface area contributed by atoms with Gasteiger partial charge in [0.1, 0.15) is 5.82 Å². The van der Waals surface area contributed by atoms with Gasteiger partial charge < -0.3 is 5.32 Å². The summed E-state index contributed by atoms with van der Waals surface area (Å²) in [5.74, 6) is 0.364. The zero-order valence-corrected chi connectivity index (χ0v) is 11.9. The quantitative estimate of drug-likeness (QED) is 0.841. The van der Waals surface area contributed by atoms with Crippen LogP contribution in [-0.2, 0) is 10.0 Å². The number of hydrogen-bond donors (Lipinski definition) is 2. The summed E-state index contributed by atoms with van der Waals surface area (Å²) < 4.78 is 35.8. The SMILES string of the molecule is CSCCC(C)Nc1ccc(S(N)(=O)=O)cc1F. The number of thioether (sulfide) groups is 1. The van der Waals surface area contributed by atoms with E-state index in [0.717, 1.165) is 18.2 Å². The van der Waals surface area contributed by atoms with E-state index in [4.69, 9.17) is 5.14 Å². The molecule has 1 unspecified atom stereocenters. The van der Waals surface area contributed by atoms with E-state index in [9.17, 15) is 12.8 Å². The van der Waals surface area contributed by atoms with Crippen LogP contribution in [0.4, 0.5) is 10.1 Å². The minimum absolute atomic E-state index is 0.118. The van der Waals surface area contributed by atoms with Gasteiger partial charge in [-0.2, -0.15) is 11.8 Å². The number of sulfonamides is 1. The van der Waals surface area contributed by atoms with Crippen molar-refractivity contribution in [2.24, 2.45) is 5.14 Å². The molecule has 0 aromatic heterocycles. The van der Waals surface area contributed by atoms with Crippen LogP contribution in [0.2, 0.25) is 0 Å². The maximum Gasteiger partial charge on any atom is 0.238 e. The molecule has 1 aromatic carbocycles. The van der Waals surface area contributed by atoms with E-state index in [1.807, 2.05) is 13.2 Å². The normalized spacial score (nSPS) is 13.3. The van der Waals surface area contributed by atoms with Crippen molar-refractivity contribution < 1.29 is 12.8 Å². The number of rotatable bonds is 6. The van der Waals surface area contributed by atoms with Crippen LogP contribution in [0.25, 0.3) is 0 Å². The van der Waals surface area contributed by atoms with Crippen molar-refractivity contribution in [3.05, 3.63) is 24.0 Å². The molecule has 1 rings (SSSR count). The molecule has 0 bridgehead atoms. The van der Waals surface area contributed by atoms with Gasteiger partial charge in [0.25, 0.3) is 0 Å². The predicted octanol–water partition coefficient (Wildman–Crippen LogP) is 2.03. The molecule has 0 spiro atoms. The summed E-state index contributed by atoms with van der Waals surface area (Å²) in [6, 6.07) is 3.73. The van der Waals surface area contributed by atoms with Crippen LogP contribution in [0.15, 0.2) is 23.1 Å². The lowest BCUT2D eigenvalue weighted by molar-refractivity contribution is 0.592. The zero-order valence-electron chi connectivity index (χ0n) is 10.3. The first-order valence-corrected chi connectivity index (χ1v) is 8.36. The highest BCUT2D eigenvalue weighted by atomic mass is 32.2. The first-order chi connectivity index (χ1) is 8.34. The fourth-order valence-corrected chi connectivity index (χ4v) is 2.54. The van der Waals surface area contributed by atoms with Crippen LogP contribution in [-0.4, -0.2) is 26.5 Å². The van der Waals surface area contributed by atoms with Crippen molar-refractivity contribution in [3.63, 3.8) is 0 Å². The first kappa shape index (κ1) is 15.3. The van der Waals surface area contributed by atoms with Gasteiger partial charge in [0.15, 0.2) is 0 Å². The summed E-state index contributed by atoms with van der Waals surface area (Å²) in [7, 11) is -3.86. The van der Waals surface area contributed by atoms with Crippen molar-refractivity contribution in [2.45, 2.75) is 24.3 Å². The molecular formula is C11H17FN2O2S2. The Kier molecular flexibility index (Phi) is 5.43. The molecule has 0 amide bonds. The van der Waals surface area contributed by atoms with Crippen LogP contribution in [0, 0.1) is 5.82 Å². The smallest absolute Gasteiger partial charge is 0.238 e. The first-order valence-electron chi connectivity index (χ1n) is 5.42. The third-order valence-corrected chi connectivity index (χ3v) is 3.98. The summed E-state index contributed by atoms with van der Waals surface area (Å²) in [6.07, 6.45) is 2.91. The fraction of sp³-hybridized carbons (Fsp3) is 0.455. The molecule has 0 saturated carbocycles. The Hall–Kier alpha value is -0.790. The fourth-order valence-electron chi connectivity index (χ4n) is 1.42. The van der Waals surface area contributed by atoms with Crippen molar-refractivity contribution in [3.8, 4) is 0 Å². The Morgan fingerprint density at radius 1 is 1.50 bits per heavy atom. The van der Waals surface area contributed by atoms with E-state index in [1.54, 1.807) is 11.8 Å². The summed E-state index contributed by atoms with van der Waals surface area (Å²) in [5, 5.41) is 7.92. The molecule has 0 saturated heterocycles. The number of halogens is 1. The van der Waals surface area contributed by atoms with Gasteiger partial charge in [0.2, 0.25) is 10.0 Å². The average Bonchev–Trinajstić information content (AvgIpc) is 2.27. The molecule has 0 radical (unpaired) electrons. The summed E-state index contributed by atoms with van der Waals surface area (Å²) in [5.41, 5.74) is 0.288. The Morgan fingerprint density at radius 3 is 2.67 bits per heavy atom. The van der Waals surface area contributed by atoms with Gasteiger partial charge in [0.05, 0.1) is 10.6 Å². The van der Waals surface area contributed by atoms with Crippen molar-refractivity contribution >= 4 is 27.5 Å². The molecule has 0 heterocycles. The minimum atomic E-state index is -3.86. The molecule has 4 nitrogen and oxygen atoms in total. The molecule has 102 valence electrons. The molecule has 18 heavy (non-hydrogen) atoms. The minimum Gasteiger partial charge on any atom is -0.380 e. The molecule has 1 aromatic rings. The van der Waals surface area contributed by atoms with E-state index in [0.29, 0.717) is 0 Å². The second-order valence-electron chi connectivity index (χ2n) is 4.01. The molecule has 0 aliphatic heterocycles. The third kappa shape index (κ3) is 4.47. The highest BCUT2D eigenvalue weighted by Gasteiger charge is 2.12. The lowest BCUT2D eigenvalue weighted by Gasteiger charge is -2.15. The van der Waals surface area contributed by atoms with Gasteiger partial charge in [-0.15, -0.1) is 0 Å². The largest absolute Gasteiger partial charge is 0.380 e. The lowest BCUT2D eigenvalue weighted by atomic mass is 10.2. The Balaban J connectivity index is 2.80. The van der Waals surface area contributed by atoms with Gasteiger partial charge in [-0.3, -0.25) is 0 Å². The second kappa shape index (κ2) is 6.40. The van der Waals surface area contributed by atoms with Crippen LogP contribution in [0.1, 0.15) is 13.3 Å². The van der Waals surface area contributed by atoms with Crippen LogP contribution >= 0.6 is 11.8 Å². The highest BCUT2D eigenvalue weighted by Crippen LogP contribution is 2.19. The van der Waals surface area contributed by atoms with Gasteiger partial charge >= 0.3 is 0 Å². The van der Waals surface area contributed by atoms with Crippen molar-refractivity contribution in [1.82, 2.24) is 0 Å². The Bertz CT molecular complexity index is 506. The zero-order chi connectivity index (χ0) is 13.8. The molecule has 7 heteroatoms. The number of benzene rings is 1. The lowest BCUT2D eigenvalue weighted by Crippen LogP contribution is -2.17. The van der Waals surface area contributed by atoms with Gasteiger partial charge in [-0.1, -0.05) is 0 Å². The molecule has 0 fully saturated rings. The van der Waals surface area contributed by atoms with Gasteiger partial charge in [-0.25, -0.2) is 17.9 Å². The van der Waals surface area contributed by atoms with E-state index >= 15 is 0 Å².